The van der Waals surface area contributed by atoms with Crippen LogP contribution in [0.2, 0.25) is 0 Å². The van der Waals surface area contributed by atoms with E-state index in [2.05, 4.69) is 33.2 Å². The van der Waals surface area contributed by atoms with E-state index in [1.807, 2.05) is 39.0 Å². The van der Waals surface area contributed by atoms with E-state index in [4.69, 9.17) is 0 Å². The van der Waals surface area contributed by atoms with E-state index in [9.17, 15) is 8.42 Å². The second-order valence-corrected chi connectivity index (χ2v) is 10.3. The second-order valence-electron chi connectivity index (χ2n) is 7.62. The maximum atomic E-state index is 12.9. The predicted molar refractivity (Wildman–Crippen MR) is 113 cm³/mol. The molecule has 27 heavy (non-hydrogen) atoms. The Hall–Kier alpha value is -1.21. The molecule has 0 atom stereocenters. The first-order valence-electron chi connectivity index (χ1n) is 9.62. The maximum Gasteiger partial charge on any atom is 0.241 e. The summed E-state index contributed by atoms with van der Waals surface area (Å²) in [6.45, 7) is 11.0. The Morgan fingerprint density at radius 2 is 1.74 bits per heavy atom. The zero-order valence-electron chi connectivity index (χ0n) is 16.7. The highest BCUT2D eigenvalue weighted by Crippen LogP contribution is 2.31. The van der Waals surface area contributed by atoms with Gasteiger partial charge in [-0.3, -0.25) is 0 Å². The topological polar surface area (TPSA) is 49.4 Å². The van der Waals surface area contributed by atoms with Crippen LogP contribution in [0.25, 0.3) is 0 Å². The summed E-state index contributed by atoms with van der Waals surface area (Å²) in [4.78, 5) is 4.31. The van der Waals surface area contributed by atoms with Gasteiger partial charge in [0.05, 0.1) is 4.90 Å². The predicted octanol–water partition coefficient (Wildman–Crippen LogP) is 4.14. The molecule has 1 saturated heterocycles. The van der Waals surface area contributed by atoms with Crippen LogP contribution in [0, 0.1) is 27.7 Å². The molecule has 4 nitrogen and oxygen atoms in total. The highest BCUT2D eigenvalue weighted by molar-refractivity contribution is 7.89. The Labute approximate surface area is 167 Å². The van der Waals surface area contributed by atoms with Crippen LogP contribution in [0.3, 0.4) is 0 Å². The van der Waals surface area contributed by atoms with Crippen LogP contribution in [-0.2, 0) is 10.0 Å². The molecule has 1 aromatic carbocycles. The molecule has 0 saturated carbocycles. The standard InChI is InChI=1S/C21H30N2O2S2/c1-15-14-16(2)18(4)21(17(15)3)27(24,25)22-9-12-23-10-7-19(8-11-23)20-6-5-13-26-20/h5-6,13-14,19,22H,7-12H2,1-4H3. The summed E-state index contributed by atoms with van der Waals surface area (Å²) in [5, 5.41) is 2.15. The Balaban J connectivity index is 1.56. The van der Waals surface area contributed by atoms with Crippen molar-refractivity contribution in [2.24, 2.45) is 0 Å². The molecule has 148 valence electrons. The lowest BCUT2D eigenvalue weighted by molar-refractivity contribution is 0.217. The Kier molecular flexibility index (Phi) is 6.41. The quantitative estimate of drug-likeness (QED) is 0.784. The minimum atomic E-state index is -3.49. The molecule has 0 unspecified atom stereocenters. The van der Waals surface area contributed by atoms with Crippen molar-refractivity contribution < 1.29 is 8.42 Å². The molecular formula is C21H30N2O2S2. The minimum absolute atomic E-state index is 0.455. The molecule has 6 heteroatoms. The monoisotopic (exact) mass is 406 g/mol. The first kappa shape index (κ1) is 20.5. The molecule has 1 N–H and O–H groups in total. The molecule has 2 heterocycles. The van der Waals surface area contributed by atoms with Gasteiger partial charge in [0.25, 0.3) is 0 Å². The summed E-state index contributed by atoms with van der Waals surface area (Å²) < 4.78 is 28.6. The van der Waals surface area contributed by atoms with Crippen molar-refractivity contribution >= 4 is 21.4 Å². The van der Waals surface area contributed by atoms with E-state index >= 15 is 0 Å². The largest absolute Gasteiger partial charge is 0.302 e. The number of piperidine rings is 1. The molecule has 0 aliphatic carbocycles. The number of rotatable bonds is 6. The first-order valence-corrected chi connectivity index (χ1v) is 12.0. The Morgan fingerprint density at radius 1 is 1.11 bits per heavy atom. The number of hydrogen-bond donors (Lipinski definition) is 1. The third kappa shape index (κ3) is 4.62. The number of nitrogens with one attached hydrogen (secondary N) is 1. The van der Waals surface area contributed by atoms with Gasteiger partial charge in [-0.05, 0) is 93.2 Å². The van der Waals surface area contributed by atoms with Gasteiger partial charge in [0.2, 0.25) is 10.0 Å². The number of sulfonamides is 1. The number of nitrogens with zero attached hydrogens (tertiary/aromatic N) is 1. The number of hydrogen-bond acceptors (Lipinski definition) is 4. The molecule has 0 spiro atoms. The van der Waals surface area contributed by atoms with Gasteiger partial charge in [-0.25, -0.2) is 13.1 Å². The van der Waals surface area contributed by atoms with Crippen molar-refractivity contribution in [3.63, 3.8) is 0 Å². The molecule has 2 aromatic rings. The summed E-state index contributed by atoms with van der Waals surface area (Å²) >= 11 is 1.84. The average molecular weight is 407 g/mol. The molecule has 1 aromatic heterocycles. The molecule has 3 rings (SSSR count). The van der Waals surface area contributed by atoms with Crippen LogP contribution in [0.4, 0.5) is 0 Å². The second kappa shape index (κ2) is 8.43. The minimum Gasteiger partial charge on any atom is -0.302 e. The lowest BCUT2D eigenvalue weighted by atomic mass is 9.95. The van der Waals surface area contributed by atoms with E-state index in [-0.39, 0.29) is 0 Å². The van der Waals surface area contributed by atoms with Crippen LogP contribution in [-0.4, -0.2) is 39.5 Å². The SMILES string of the molecule is Cc1cc(C)c(C)c(S(=O)(=O)NCCN2CCC(c3cccs3)CC2)c1C. The number of thiophene rings is 1. The average Bonchev–Trinajstić information content (AvgIpc) is 3.15. The normalized spacial score (nSPS) is 16.7. The zero-order chi connectivity index (χ0) is 19.6. The first-order chi connectivity index (χ1) is 12.8. The highest BCUT2D eigenvalue weighted by Gasteiger charge is 2.24. The molecule has 0 bridgehead atoms. The zero-order valence-corrected chi connectivity index (χ0v) is 18.3. The third-order valence-electron chi connectivity index (χ3n) is 5.82. The van der Waals surface area contributed by atoms with Crippen LogP contribution < -0.4 is 4.72 Å². The van der Waals surface area contributed by atoms with Gasteiger partial charge in [0.15, 0.2) is 0 Å². The van der Waals surface area contributed by atoms with E-state index in [0.29, 0.717) is 17.4 Å². The van der Waals surface area contributed by atoms with Gasteiger partial charge in [-0.1, -0.05) is 12.1 Å². The van der Waals surface area contributed by atoms with Crippen LogP contribution in [0.15, 0.2) is 28.5 Å². The van der Waals surface area contributed by atoms with Gasteiger partial charge < -0.3 is 4.90 Å². The van der Waals surface area contributed by atoms with Crippen LogP contribution >= 0.6 is 11.3 Å². The summed E-state index contributed by atoms with van der Waals surface area (Å²) in [7, 11) is -3.49. The molecule has 1 fully saturated rings. The van der Waals surface area contributed by atoms with Crippen LogP contribution in [0.1, 0.15) is 45.9 Å². The fraction of sp³-hybridized carbons (Fsp3) is 0.524. The van der Waals surface area contributed by atoms with Crippen molar-refractivity contribution in [1.82, 2.24) is 9.62 Å². The van der Waals surface area contributed by atoms with E-state index in [0.717, 1.165) is 54.7 Å². The summed E-state index contributed by atoms with van der Waals surface area (Å²) in [5.41, 5.74) is 3.74. The van der Waals surface area contributed by atoms with Gasteiger partial charge in [0.1, 0.15) is 0 Å². The van der Waals surface area contributed by atoms with Gasteiger partial charge in [-0.15, -0.1) is 11.3 Å². The van der Waals surface area contributed by atoms with Crippen molar-refractivity contribution in [2.45, 2.75) is 51.3 Å². The number of aryl methyl sites for hydroxylation is 2. The van der Waals surface area contributed by atoms with E-state index in [1.165, 1.54) is 4.88 Å². The molecule has 0 radical (unpaired) electrons. The van der Waals surface area contributed by atoms with Gasteiger partial charge >= 0.3 is 0 Å². The van der Waals surface area contributed by atoms with E-state index < -0.39 is 10.0 Å². The lowest BCUT2D eigenvalue weighted by Gasteiger charge is -2.31. The lowest BCUT2D eigenvalue weighted by Crippen LogP contribution is -2.39. The number of benzene rings is 1. The molecular weight excluding hydrogens is 376 g/mol. The van der Waals surface area contributed by atoms with Crippen molar-refractivity contribution in [2.75, 3.05) is 26.2 Å². The maximum absolute atomic E-state index is 12.9. The fourth-order valence-electron chi connectivity index (χ4n) is 3.96. The number of likely N-dealkylation sites (tertiary alicyclic amines) is 1. The smallest absolute Gasteiger partial charge is 0.241 e. The Bertz CT molecular complexity index is 855. The Morgan fingerprint density at radius 3 is 2.30 bits per heavy atom. The molecule has 1 aliphatic rings. The summed E-state index contributed by atoms with van der Waals surface area (Å²) in [6.07, 6.45) is 2.31. The summed E-state index contributed by atoms with van der Waals surface area (Å²) in [5.74, 6) is 0.665. The molecule has 1 aliphatic heterocycles. The molecule has 0 amide bonds. The third-order valence-corrected chi connectivity index (χ3v) is 8.59. The highest BCUT2D eigenvalue weighted by atomic mass is 32.2. The summed E-state index contributed by atoms with van der Waals surface area (Å²) in [6, 6.07) is 6.41. The van der Waals surface area contributed by atoms with E-state index in [1.54, 1.807) is 0 Å². The van der Waals surface area contributed by atoms with Crippen molar-refractivity contribution in [1.29, 1.82) is 0 Å². The van der Waals surface area contributed by atoms with Gasteiger partial charge in [-0.2, -0.15) is 0 Å². The van der Waals surface area contributed by atoms with Gasteiger partial charge in [0, 0.05) is 18.0 Å². The fourth-order valence-corrected chi connectivity index (χ4v) is 6.49. The van der Waals surface area contributed by atoms with Crippen LogP contribution in [0.5, 0.6) is 0 Å². The van der Waals surface area contributed by atoms with Crippen molar-refractivity contribution in [3.8, 4) is 0 Å². The van der Waals surface area contributed by atoms with Crippen molar-refractivity contribution in [3.05, 3.63) is 50.7 Å².